The van der Waals surface area contributed by atoms with Crippen LogP contribution in [0.4, 0.5) is 0 Å². The van der Waals surface area contributed by atoms with Crippen molar-refractivity contribution >= 4 is 30.1 Å². The molecule has 0 aliphatic rings. The van der Waals surface area contributed by atoms with Crippen molar-refractivity contribution < 1.29 is 14.3 Å². The lowest BCUT2D eigenvalue weighted by Gasteiger charge is -2.32. The summed E-state index contributed by atoms with van der Waals surface area (Å²) in [6.45, 7) is 41.6. The predicted molar refractivity (Wildman–Crippen MR) is 287 cm³/mol. The molecule has 0 saturated heterocycles. The molecule has 7 aromatic rings. The first kappa shape index (κ1) is 49.1. The first-order valence-corrected chi connectivity index (χ1v) is 25.0. The molecule has 0 fully saturated rings. The second kappa shape index (κ2) is 17.1. The fourth-order valence-corrected chi connectivity index (χ4v) is 9.93. The minimum Gasteiger partial charge on any atom is -0.426 e. The number of benzene rings is 7. The molecule has 4 heteroatoms. The number of fused-ring (bicyclic) bond motifs is 2. The number of rotatable bonds is 6. The second-order valence-electron chi connectivity index (χ2n) is 24.9. The zero-order valence-corrected chi connectivity index (χ0v) is 44.1. The van der Waals surface area contributed by atoms with Gasteiger partial charge < -0.3 is 14.3 Å². The molecule has 0 bridgehead atoms. The van der Waals surface area contributed by atoms with Crippen LogP contribution in [-0.2, 0) is 32.5 Å². The zero-order valence-electron chi connectivity index (χ0n) is 43.2. The molecule has 7 rings (SSSR count). The Morgan fingerprint density at radius 1 is 0.348 bits per heavy atom. The maximum absolute atomic E-state index is 10.7. The van der Waals surface area contributed by atoms with Crippen molar-refractivity contribution in [2.45, 2.75) is 157 Å². The summed E-state index contributed by atoms with van der Waals surface area (Å²) in [7, 11) is -2.74. The molecule has 3 nitrogen and oxygen atoms in total. The summed E-state index contributed by atoms with van der Waals surface area (Å²) in [6, 6.07) is 42.7. The van der Waals surface area contributed by atoms with Crippen molar-refractivity contribution in [3.63, 3.8) is 0 Å². The van der Waals surface area contributed by atoms with Gasteiger partial charge in [-0.15, -0.1) is 0 Å². The summed E-state index contributed by atoms with van der Waals surface area (Å²) >= 11 is 0. The van der Waals surface area contributed by atoms with E-state index in [0.29, 0.717) is 5.75 Å². The van der Waals surface area contributed by atoms with Crippen molar-refractivity contribution in [3.8, 4) is 50.3 Å². The second-order valence-corrected chi connectivity index (χ2v) is 25.6. The Labute approximate surface area is 398 Å². The lowest BCUT2D eigenvalue weighted by Crippen LogP contribution is -2.18. The van der Waals surface area contributed by atoms with Gasteiger partial charge in [-0.2, -0.15) is 0 Å². The minimum absolute atomic E-state index is 0.0273. The van der Waals surface area contributed by atoms with Gasteiger partial charge in [0.15, 0.2) is 0 Å². The number of hydrogen-bond donors (Lipinski definition) is 2. The highest BCUT2D eigenvalue weighted by atomic mass is 31.2. The quantitative estimate of drug-likeness (QED) is 0.164. The van der Waals surface area contributed by atoms with Crippen LogP contribution in [0, 0.1) is 0 Å². The summed E-state index contributed by atoms with van der Waals surface area (Å²) < 4.78 is 6.16. The molecule has 2 N–H and O–H groups in total. The maximum atomic E-state index is 10.7. The van der Waals surface area contributed by atoms with E-state index in [9.17, 15) is 9.79 Å². The number of hydrogen-bond acceptors (Lipinski definition) is 3. The third-order valence-electron chi connectivity index (χ3n) is 13.3. The van der Waals surface area contributed by atoms with E-state index in [1.54, 1.807) is 0 Å². The summed E-state index contributed by atoms with van der Waals surface area (Å²) in [6.07, 6.45) is 0. The predicted octanol–water partition coefficient (Wildman–Crippen LogP) is 18.0. The van der Waals surface area contributed by atoms with Crippen molar-refractivity contribution in [2.24, 2.45) is 0 Å². The molecular weight excluding hydrogens is 824 g/mol. The lowest BCUT2D eigenvalue weighted by atomic mass is 9.72. The standard InChI is InChI=1S/C62H75O3P/c1-57(2,3)43-30-41-32-50(59(7,8)9)48(36-46(41)52(34-43)61(13,14)15)45-28-29-54(65-66(63)64)55(40-26-24-39(25-27-40)38-22-20-19-21-23-38)56(45)49-37-47-42(33-51(49)60(10,11)12)31-44(58(4,5)6)35-53(47)62(16,17)18/h19-37,63-64H,1-18H3. The molecule has 0 amide bonds. The van der Waals surface area contributed by atoms with Gasteiger partial charge in [-0.05, 0) is 151 Å². The van der Waals surface area contributed by atoms with E-state index in [4.69, 9.17) is 4.52 Å². The van der Waals surface area contributed by atoms with Crippen LogP contribution in [0.2, 0.25) is 0 Å². The smallest absolute Gasteiger partial charge is 0.391 e. The van der Waals surface area contributed by atoms with E-state index in [1.807, 2.05) is 12.1 Å². The van der Waals surface area contributed by atoms with Crippen LogP contribution >= 0.6 is 8.60 Å². The third kappa shape index (κ3) is 9.92. The monoisotopic (exact) mass is 899 g/mol. The van der Waals surface area contributed by atoms with E-state index in [2.05, 4.69) is 228 Å². The van der Waals surface area contributed by atoms with E-state index in [0.717, 1.165) is 44.5 Å². The fourth-order valence-electron chi connectivity index (χ4n) is 9.60. The van der Waals surface area contributed by atoms with Gasteiger partial charge in [0.2, 0.25) is 0 Å². The maximum Gasteiger partial charge on any atom is 0.391 e. The van der Waals surface area contributed by atoms with Crippen LogP contribution in [-0.4, -0.2) is 9.79 Å². The highest BCUT2D eigenvalue weighted by molar-refractivity contribution is 7.39. The van der Waals surface area contributed by atoms with E-state index >= 15 is 0 Å². The van der Waals surface area contributed by atoms with Crippen LogP contribution < -0.4 is 4.52 Å². The Kier molecular flexibility index (Phi) is 12.7. The fraction of sp³-hybridized carbons (Fsp3) is 0.387. The average Bonchev–Trinajstić information content (AvgIpc) is 3.20. The SMILES string of the molecule is CC(C)(C)c1cc(C(C)(C)C)c2cc(-c3ccc(OP(O)O)c(-c4ccc(-c5ccccc5)cc4)c3-c3cc4c(C(C)(C)C)cc(C(C)(C)C)cc4cc3C(C)(C)C)c(C(C)(C)C)cc2c1. The van der Waals surface area contributed by atoms with Crippen molar-refractivity contribution in [3.05, 3.63) is 149 Å². The van der Waals surface area contributed by atoms with Crippen molar-refractivity contribution in [1.82, 2.24) is 0 Å². The van der Waals surface area contributed by atoms with Gasteiger partial charge in [0.1, 0.15) is 5.75 Å². The first-order chi connectivity index (χ1) is 30.3. The van der Waals surface area contributed by atoms with Crippen LogP contribution in [0.15, 0.2) is 115 Å². The van der Waals surface area contributed by atoms with Gasteiger partial charge in [0.25, 0.3) is 0 Å². The highest BCUT2D eigenvalue weighted by Crippen LogP contribution is 2.53. The molecule has 0 aliphatic heterocycles. The van der Waals surface area contributed by atoms with E-state index < -0.39 is 8.60 Å². The Bertz CT molecular complexity index is 2930. The molecular formula is C62H75O3P. The van der Waals surface area contributed by atoms with Crippen LogP contribution in [0.25, 0.3) is 66.1 Å². The molecule has 0 radical (unpaired) electrons. The molecule has 7 aromatic carbocycles. The van der Waals surface area contributed by atoms with Crippen molar-refractivity contribution in [1.29, 1.82) is 0 Å². The lowest BCUT2D eigenvalue weighted by molar-refractivity contribution is 0.375. The Hall–Kier alpha value is -4.79. The molecule has 0 aromatic heterocycles. The molecule has 0 unspecified atom stereocenters. The topological polar surface area (TPSA) is 49.7 Å². The van der Waals surface area contributed by atoms with Crippen molar-refractivity contribution in [2.75, 3.05) is 0 Å². The summed E-state index contributed by atoms with van der Waals surface area (Å²) in [4.78, 5) is 21.4. The average molecular weight is 899 g/mol. The minimum atomic E-state index is -2.74. The van der Waals surface area contributed by atoms with Gasteiger partial charge in [-0.3, -0.25) is 0 Å². The Morgan fingerprint density at radius 3 is 1.18 bits per heavy atom. The summed E-state index contributed by atoms with van der Waals surface area (Å²) in [5, 5.41) is 4.93. The van der Waals surface area contributed by atoms with Gasteiger partial charge in [0, 0.05) is 11.1 Å². The third-order valence-corrected chi connectivity index (χ3v) is 13.7. The van der Waals surface area contributed by atoms with E-state index in [1.165, 1.54) is 54.9 Å². The first-order valence-electron chi connectivity index (χ1n) is 23.8. The zero-order chi connectivity index (χ0) is 48.7. The largest absolute Gasteiger partial charge is 0.426 e. The molecule has 0 aliphatic carbocycles. The summed E-state index contributed by atoms with van der Waals surface area (Å²) in [5.74, 6) is 0.430. The molecule has 0 heterocycles. The van der Waals surface area contributed by atoms with Crippen LogP contribution in [0.1, 0.15) is 158 Å². The van der Waals surface area contributed by atoms with Crippen LogP contribution in [0.3, 0.4) is 0 Å². The Balaban J connectivity index is 1.74. The molecule has 0 saturated carbocycles. The van der Waals surface area contributed by atoms with Gasteiger partial charge in [-0.25, -0.2) is 0 Å². The van der Waals surface area contributed by atoms with Gasteiger partial charge >= 0.3 is 8.60 Å². The van der Waals surface area contributed by atoms with Gasteiger partial charge in [0.05, 0.1) is 0 Å². The molecule has 346 valence electrons. The van der Waals surface area contributed by atoms with Crippen LogP contribution in [0.5, 0.6) is 5.75 Å². The molecule has 0 spiro atoms. The molecule has 66 heavy (non-hydrogen) atoms. The normalized spacial score (nSPS) is 13.3. The molecule has 0 atom stereocenters. The summed E-state index contributed by atoms with van der Waals surface area (Å²) in [5.41, 5.74) is 15.2. The van der Waals surface area contributed by atoms with E-state index in [-0.39, 0.29) is 32.5 Å². The van der Waals surface area contributed by atoms with Gasteiger partial charge in [-0.1, -0.05) is 210 Å². The Morgan fingerprint density at radius 2 is 0.758 bits per heavy atom. The highest BCUT2D eigenvalue weighted by Gasteiger charge is 2.32.